The van der Waals surface area contributed by atoms with Gasteiger partial charge in [-0.2, -0.15) is 0 Å². The summed E-state index contributed by atoms with van der Waals surface area (Å²) in [4.78, 5) is 20.6. The number of nitrogens with zero attached hydrogens (tertiary/aromatic N) is 1. The highest BCUT2D eigenvalue weighted by atomic mass is 32.1. The van der Waals surface area contributed by atoms with Gasteiger partial charge in [0.05, 0.1) is 21.6 Å². The number of hydrogen-bond acceptors (Lipinski definition) is 4. The number of aromatic carboxylic acids is 1. The molecule has 0 amide bonds. The maximum absolute atomic E-state index is 12.1. The number of nitrogens with one attached hydrogen (secondary N) is 2. The van der Waals surface area contributed by atoms with E-state index in [1.165, 1.54) is 54.6 Å². The minimum absolute atomic E-state index is 0.427. The zero-order valence-corrected chi connectivity index (χ0v) is 18.8. The van der Waals surface area contributed by atoms with Crippen LogP contribution in [0.3, 0.4) is 0 Å². The molecule has 6 heteroatoms. The number of hydrogen-bond donors (Lipinski definition) is 3. The average molecular weight is 446 g/mol. The molecule has 0 bridgehead atoms. The Labute approximate surface area is 191 Å². The molecule has 1 saturated carbocycles. The molecular formula is C26H27N3O2S. The lowest BCUT2D eigenvalue weighted by Gasteiger charge is -2.22. The Bertz CT molecular complexity index is 1210. The lowest BCUT2D eigenvalue weighted by Crippen LogP contribution is -2.15. The van der Waals surface area contributed by atoms with E-state index in [0.717, 1.165) is 27.2 Å². The molecule has 1 aliphatic carbocycles. The quantitative estimate of drug-likeness (QED) is 0.311. The Hall–Kier alpha value is -2.96. The topological polar surface area (TPSA) is 78.0 Å². The lowest BCUT2D eigenvalue weighted by molar-refractivity contribution is 0.0701. The average Bonchev–Trinajstić information content (AvgIpc) is 3.38. The normalized spacial score (nSPS) is 14.8. The van der Waals surface area contributed by atoms with Gasteiger partial charge in [0.15, 0.2) is 0 Å². The number of pyridine rings is 1. The standard InChI is InChI=1S/C26H27N3O2S/c30-26(31)24-20(16-27-15-19-13-7-8-14-28-19)23-25(32-24)21(17-9-3-1-4-10-17)22(29-23)18-11-5-2-6-12-18/h2,5-8,11-14,17,27,29H,1,3-4,9-10,15-16H2,(H,30,31). The second kappa shape index (κ2) is 9.27. The van der Waals surface area contributed by atoms with Gasteiger partial charge < -0.3 is 15.4 Å². The predicted octanol–water partition coefficient (Wildman–Crippen LogP) is 6.33. The van der Waals surface area contributed by atoms with Crippen molar-refractivity contribution >= 4 is 27.5 Å². The van der Waals surface area contributed by atoms with Crippen molar-refractivity contribution in [2.75, 3.05) is 0 Å². The van der Waals surface area contributed by atoms with Gasteiger partial charge >= 0.3 is 5.97 Å². The van der Waals surface area contributed by atoms with Crippen LogP contribution in [0.1, 0.15) is 64.5 Å². The summed E-state index contributed by atoms with van der Waals surface area (Å²) < 4.78 is 1.11. The van der Waals surface area contributed by atoms with Crippen LogP contribution in [0, 0.1) is 0 Å². The van der Waals surface area contributed by atoms with Crippen LogP contribution in [0.4, 0.5) is 0 Å². The monoisotopic (exact) mass is 445 g/mol. The largest absolute Gasteiger partial charge is 0.477 e. The smallest absolute Gasteiger partial charge is 0.346 e. The van der Waals surface area contributed by atoms with Crippen molar-refractivity contribution in [2.24, 2.45) is 0 Å². The summed E-state index contributed by atoms with van der Waals surface area (Å²) >= 11 is 1.43. The summed E-state index contributed by atoms with van der Waals surface area (Å²) in [5, 5.41) is 13.3. The summed E-state index contributed by atoms with van der Waals surface area (Å²) in [6.45, 7) is 1.08. The van der Waals surface area contributed by atoms with E-state index in [1.54, 1.807) is 6.20 Å². The molecule has 0 unspecified atom stereocenters. The zero-order chi connectivity index (χ0) is 21.9. The summed E-state index contributed by atoms with van der Waals surface area (Å²) in [7, 11) is 0. The summed E-state index contributed by atoms with van der Waals surface area (Å²) in [5.41, 5.74) is 6.39. The first-order valence-electron chi connectivity index (χ1n) is 11.3. The summed E-state index contributed by atoms with van der Waals surface area (Å²) in [5.74, 6) is -0.382. The van der Waals surface area contributed by atoms with E-state index in [9.17, 15) is 9.90 Å². The van der Waals surface area contributed by atoms with Crippen LogP contribution in [0.5, 0.6) is 0 Å². The number of carboxylic acid groups (broad SMARTS) is 1. The van der Waals surface area contributed by atoms with Gasteiger partial charge in [-0.25, -0.2) is 4.79 Å². The number of carbonyl (C=O) groups is 1. The van der Waals surface area contributed by atoms with E-state index in [2.05, 4.69) is 39.6 Å². The maximum atomic E-state index is 12.1. The second-order valence-corrected chi connectivity index (χ2v) is 9.48. The molecule has 1 aromatic carbocycles. The molecule has 0 radical (unpaired) electrons. The van der Waals surface area contributed by atoms with Gasteiger partial charge in [0, 0.05) is 24.8 Å². The van der Waals surface area contributed by atoms with Crippen LogP contribution in [0.15, 0.2) is 54.7 Å². The third-order valence-corrected chi connectivity index (χ3v) is 7.63. The Morgan fingerprint density at radius 3 is 2.56 bits per heavy atom. The van der Waals surface area contributed by atoms with Crippen LogP contribution >= 0.6 is 11.3 Å². The molecule has 0 atom stereocenters. The number of aromatic nitrogens is 2. The molecule has 5 rings (SSSR count). The third kappa shape index (κ3) is 4.08. The van der Waals surface area contributed by atoms with Crippen LogP contribution < -0.4 is 5.32 Å². The van der Waals surface area contributed by atoms with Crippen molar-refractivity contribution < 1.29 is 9.90 Å². The van der Waals surface area contributed by atoms with Gasteiger partial charge in [0.1, 0.15) is 4.88 Å². The Kier molecular flexibility index (Phi) is 6.06. The van der Waals surface area contributed by atoms with Crippen molar-refractivity contribution in [1.29, 1.82) is 0 Å². The molecule has 0 saturated heterocycles. The summed E-state index contributed by atoms with van der Waals surface area (Å²) in [6, 6.07) is 16.3. The molecule has 164 valence electrons. The first-order valence-corrected chi connectivity index (χ1v) is 12.1. The molecule has 3 N–H and O–H groups in total. The Morgan fingerprint density at radius 1 is 1.06 bits per heavy atom. The van der Waals surface area contributed by atoms with Crippen LogP contribution in [-0.4, -0.2) is 21.0 Å². The van der Waals surface area contributed by atoms with E-state index in [0.29, 0.717) is 23.9 Å². The number of aromatic amines is 1. The highest BCUT2D eigenvalue weighted by Crippen LogP contribution is 2.46. The molecule has 4 aromatic rings. The van der Waals surface area contributed by atoms with Gasteiger partial charge in [0.2, 0.25) is 0 Å². The van der Waals surface area contributed by atoms with E-state index in [-0.39, 0.29) is 0 Å². The van der Waals surface area contributed by atoms with Gasteiger partial charge in [-0.1, -0.05) is 55.7 Å². The number of fused-ring (bicyclic) bond motifs is 1. The summed E-state index contributed by atoms with van der Waals surface area (Å²) in [6.07, 6.45) is 7.87. The fourth-order valence-corrected chi connectivity index (χ4v) is 6.11. The van der Waals surface area contributed by atoms with Crippen molar-refractivity contribution in [2.45, 2.75) is 51.1 Å². The number of rotatable bonds is 7. The molecule has 5 nitrogen and oxygen atoms in total. The third-order valence-electron chi connectivity index (χ3n) is 6.38. The molecule has 1 aliphatic rings. The molecule has 3 heterocycles. The second-order valence-electron chi connectivity index (χ2n) is 8.46. The highest BCUT2D eigenvalue weighted by Gasteiger charge is 2.28. The first-order chi connectivity index (χ1) is 15.7. The Balaban J connectivity index is 1.57. The fraction of sp³-hybridized carbons (Fsp3) is 0.308. The van der Waals surface area contributed by atoms with E-state index in [1.807, 2.05) is 24.3 Å². The van der Waals surface area contributed by atoms with Crippen molar-refractivity contribution in [3.63, 3.8) is 0 Å². The van der Waals surface area contributed by atoms with Crippen molar-refractivity contribution in [3.05, 3.63) is 76.4 Å². The molecule has 0 aliphatic heterocycles. The van der Waals surface area contributed by atoms with E-state index in [4.69, 9.17) is 0 Å². The molecule has 32 heavy (non-hydrogen) atoms. The number of H-pyrrole nitrogens is 1. The number of benzene rings is 1. The van der Waals surface area contributed by atoms with Crippen LogP contribution in [0.25, 0.3) is 21.5 Å². The lowest BCUT2D eigenvalue weighted by atomic mass is 9.83. The van der Waals surface area contributed by atoms with Crippen LogP contribution in [-0.2, 0) is 13.1 Å². The van der Waals surface area contributed by atoms with Crippen molar-refractivity contribution in [3.8, 4) is 11.3 Å². The van der Waals surface area contributed by atoms with Gasteiger partial charge in [-0.05, 0) is 42.0 Å². The van der Waals surface area contributed by atoms with E-state index < -0.39 is 5.97 Å². The van der Waals surface area contributed by atoms with Gasteiger partial charge in [0.25, 0.3) is 0 Å². The zero-order valence-electron chi connectivity index (χ0n) is 17.9. The fourth-order valence-electron chi connectivity index (χ4n) is 4.87. The molecule has 3 aromatic heterocycles. The van der Waals surface area contributed by atoms with Crippen molar-refractivity contribution in [1.82, 2.24) is 15.3 Å². The highest BCUT2D eigenvalue weighted by molar-refractivity contribution is 7.21. The van der Waals surface area contributed by atoms with E-state index >= 15 is 0 Å². The predicted molar refractivity (Wildman–Crippen MR) is 129 cm³/mol. The SMILES string of the molecule is O=C(O)c1sc2c(C3CCCCC3)c(-c3ccccc3)[nH]c2c1CNCc1ccccn1. The van der Waals surface area contributed by atoms with Gasteiger partial charge in [-0.3, -0.25) is 4.98 Å². The first kappa shape index (κ1) is 20.9. The minimum atomic E-state index is -0.856. The molecule has 0 spiro atoms. The Morgan fingerprint density at radius 2 is 1.84 bits per heavy atom. The van der Waals surface area contributed by atoms with Crippen LogP contribution in [0.2, 0.25) is 0 Å². The number of carboxylic acids is 1. The number of thiophene rings is 1. The molecular weight excluding hydrogens is 418 g/mol. The molecule has 1 fully saturated rings. The maximum Gasteiger partial charge on any atom is 0.346 e. The van der Waals surface area contributed by atoms with Gasteiger partial charge in [-0.15, -0.1) is 11.3 Å². The minimum Gasteiger partial charge on any atom is -0.477 e.